The van der Waals surface area contributed by atoms with E-state index in [-0.39, 0.29) is 24.9 Å². The minimum Gasteiger partial charge on any atom is -0.491 e. The van der Waals surface area contributed by atoms with Gasteiger partial charge < -0.3 is 20.5 Å². The first-order valence-corrected chi connectivity index (χ1v) is 8.60. The molecule has 0 spiro atoms. The van der Waals surface area contributed by atoms with E-state index in [4.69, 9.17) is 15.2 Å². The molecule has 0 aromatic heterocycles. The molecule has 1 fully saturated rings. The van der Waals surface area contributed by atoms with Gasteiger partial charge in [-0.1, -0.05) is 12.1 Å². The molecule has 0 aliphatic carbocycles. The number of nitrogens with two attached hydrogens (primary N) is 1. The highest BCUT2D eigenvalue weighted by Gasteiger charge is 2.33. The summed E-state index contributed by atoms with van der Waals surface area (Å²) in [5, 5.41) is 2.84. The van der Waals surface area contributed by atoms with Crippen molar-refractivity contribution in [2.75, 3.05) is 52.5 Å². The van der Waals surface area contributed by atoms with E-state index in [0.717, 1.165) is 45.3 Å². The molecule has 0 bridgehead atoms. The number of morpholine rings is 1. The number of guanidine groups is 1. The Morgan fingerprint density at radius 1 is 1.27 bits per heavy atom. The lowest BCUT2D eigenvalue weighted by Gasteiger charge is -2.26. The molecule has 9 heteroatoms. The Morgan fingerprint density at radius 2 is 2.00 bits per heavy atom. The zero-order valence-corrected chi connectivity index (χ0v) is 14.6. The quantitative estimate of drug-likeness (QED) is 0.412. The second-order valence-electron chi connectivity index (χ2n) is 5.84. The number of nitrogens with zero attached hydrogens (tertiary/aromatic N) is 2. The molecule has 2 rings (SSSR count). The van der Waals surface area contributed by atoms with Crippen LogP contribution < -0.4 is 15.8 Å². The minimum absolute atomic E-state index is 0.0527. The summed E-state index contributed by atoms with van der Waals surface area (Å²) < 4.78 is 49.0. The highest BCUT2D eigenvalue weighted by molar-refractivity contribution is 5.77. The maximum Gasteiger partial charge on any atom is 0.419 e. The summed E-state index contributed by atoms with van der Waals surface area (Å²) in [5.74, 6) is 0.0718. The Bertz CT molecular complexity index is 575. The zero-order chi connectivity index (χ0) is 18.8. The van der Waals surface area contributed by atoms with Crippen molar-refractivity contribution in [3.05, 3.63) is 29.8 Å². The van der Waals surface area contributed by atoms with Gasteiger partial charge in [0.2, 0.25) is 0 Å². The van der Waals surface area contributed by atoms with Gasteiger partial charge in [-0.05, 0) is 18.6 Å². The second kappa shape index (κ2) is 10.2. The van der Waals surface area contributed by atoms with E-state index in [0.29, 0.717) is 6.54 Å². The first-order valence-electron chi connectivity index (χ1n) is 8.60. The Hall–Kier alpha value is -2.00. The van der Waals surface area contributed by atoms with Crippen LogP contribution in [-0.2, 0) is 10.9 Å². The molecular weight excluding hydrogens is 349 g/mol. The number of para-hydroxylation sites is 1. The number of rotatable bonds is 8. The third kappa shape index (κ3) is 7.09. The minimum atomic E-state index is -4.44. The van der Waals surface area contributed by atoms with Crippen molar-refractivity contribution >= 4 is 5.96 Å². The van der Waals surface area contributed by atoms with Gasteiger partial charge in [-0.15, -0.1) is 0 Å². The summed E-state index contributed by atoms with van der Waals surface area (Å²) in [4.78, 5) is 6.51. The Balaban J connectivity index is 1.63. The number of hydrogen-bond donors (Lipinski definition) is 2. The van der Waals surface area contributed by atoms with Crippen molar-refractivity contribution in [3.63, 3.8) is 0 Å². The highest BCUT2D eigenvalue weighted by Crippen LogP contribution is 2.35. The van der Waals surface area contributed by atoms with E-state index in [1.54, 1.807) is 0 Å². The van der Waals surface area contributed by atoms with Gasteiger partial charge in [0.1, 0.15) is 12.4 Å². The molecule has 1 heterocycles. The van der Waals surface area contributed by atoms with Gasteiger partial charge in [0, 0.05) is 26.2 Å². The maximum absolute atomic E-state index is 12.8. The monoisotopic (exact) mass is 374 g/mol. The van der Waals surface area contributed by atoms with Crippen LogP contribution >= 0.6 is 0 Å². The fourth-order valence-electron chi connectivity index (χ4n) is 2.54. The molecular formula is C17H25F3N4O2. The van der Waals surface area contributed by atoms with Gasteiger partial charge in [0.05, 0.1) is 25.3 Å². The summed E-state index contributed by atoms with van der Waals surface area (Å²) >= 11 is 0. The van der Waals surface area contributed by atoms with Crippen LogP contribution in [0.4, 0.5) is 13.2 Å². The van der Waals surface area contributed by atoms with Crippen LogP contribution in [0.1, 0.15) is 12.0 Å². The van der Waals surface area contributed by atoms with E-state index < -0.39 is 11.7 Å². The molecule has 26 heavy (non-hydrogen) atoms. The molecule has 3 N–H and O–H groups in total. The normalized spacial score (nSPS) is 16.5. The molecule has 146 valence electrons. The summed E-state index contributed by atoms with van der Waals surface area (Å²) in [5.41, 5.74) is 4.95. The molecule has 1 saturated heterocycles. The summed E-state index contributed by atoms with van der Waals surface area (Å²) in [6.07, 6.45) is -3.55. The van der Waals surface area contributed by atoms with Gasteiger partial charge in [0.25, 0.3) is 0 Å². The van der Waals surface area contributed by atoms with Crippen molar-refractivity contribution in [2.24, 2.45) is 10.7 Å². The SMILES string of the molecule is NC(=NCCCN1CCOCC1)NCCOc1ccccc1C(F)(F)F. The lowest BCUT2D eigenvalue weighted by atomic mass is 10.2. The average Bonchev–Trinajstić information content (AvgIpc) is 2.63. The van der Waals surface area contributed by atoms with E-state index in [9.17, 15) is 13.2 Å². The topological polar surface area (TPSA) is 72.1 Å². The Morgan fingerprint density at radius 3 is 2.73 bits per heavy atom. The Labute approximate surface area is 151 Å². The Kier molecular flexibility index (Phi) is 7.99. The van der Waals surface area contributed by atoms with Gasteiger partial charge in [-0.2, -0.15) is 13.2 Å². The molecule has 0 saturated carbocycles. The summed E-state index contributed by atoms with van der Waals surface area (Å²) in [7, 11) is 0. The molecule has 6 nitrogen and oxygen atoms in total. The van der Waals surface area contributed by atoms with Gasteiger partial charge >= 0.3 is 6.18 Å². The van der Waals surface area contributed by atoms with Crippen LogP contribution in [0.3, 0.4) is 0 Å². The number of hydrogen-bond acceptors (Lipinski definition) is 4. The van der Waals surface area contributed by atoms with E-state index in [1.165, 1.54) is 18.2 Å². The van der Waals surface area contributed by atoms with Gasteiger partial charge in [-0.25, -0.2) is 0 Å². The summed E-state index contributed by atoms with van der Waals surface area (Å²) in [6, 6.07) is 5.12. The van der Waals surface area contributed by atoms with Crippen LogP contribution in [0.25, 0.3) is 0 Å². The number of ether oxygens (including phenoxy) is 2. The number of aliphatic imine (C=N–C) groups is 1. The molecule has 1 aromatic carbocycles. The molecule has 0 radical (unpaired) electrons. The molecule has 0 amide bonds. The van der Waals surface area contributed by atoms with Crippen LogP contribution in [0.15, 0.2) is 29.3 Å². The van der Waals surface area contributed by atoms with Crippen LogP contribution in [-0.4, -0.2) is 63.4 Å². The lowest BCUT2D eigenvalue weighted by Crippen LogP contribution is -2.37. The summed E-state index contributed by atoms with van der Waals surface area (Å²) in [6.45, 7) is 5.27. The molecule has 0 unspecified atom stereocenters. The van der Waals surface area contributed by atoms with E-state index in [1.807, 2.05) is 0 Å². The average molecular weight is 374 g/mol. The maximum atomic E-state index is 12.8. The lowest BCUT2D eigenvalue weighted by molar-refractivity contribution is -0.138. The molecule has 1 aliphatic rings. The second-order valence-corrected chi connectivity index (χ2v) is 5.84. The fraction of sp³-hybridized carbons (Fsp3) is 0.588. The van der Waals surface area contributed by atoms with Crippen LogP contribution in [0.2, 0.25) is 0 Å². The third-order valence-corrected chi connectivity index (χ3v) is 3.88. The van der Waals surface area contributed by atoms with Gasteiger partial charge in [0.15, 0.2) is 5.96 Å². The van der Waals surface area contributed by atoms with Crippen molar-refractivity contribution < 1.29 is 22.6 Å². The van der Waals surface area contributed by atoms with Gasteiger partial charge in [-0.3, -0.25) is 9.89 Å². The van der Waals surface area contributed by atoms with Crippen LogP contribution in [0, 0.1) is 0 Å². The van der Waals surface area contributed by atoms with E-state index >= 15 is 0 Å². The van der Waals surface area contributed by atoms with Crippen molar-refractivity contribution in [3.8, 4) is 5.75 Å². The number of nitrogens with one attached hydrogen (secondary N) is 1. The third-order valence-electron chi connectivity index (χ3n) is 3.88. The zero-order valence-electron chi connectivity index (χ0n) is 14.6. The molecule has 0 atom stereocenters. The smallest absolute Gasteiger partial charge is 0.419 e. The number of alkyl halides is 3. The fourth-order valence-corrected chi connectivity index (χ4v) is 2.54. The highest BCUT2D eigenvalue weighted by atomic mass is 19.4. The van der Waals surface area contributed by atoms with E-state index in [2.05, 4.69) is 15.2 Å². The standard InChI is InChI=1S/C17H25F3N4O2/c18-17(19,20)14-4-1-2-5-15(14)26-11-7-23-16(21)22-6-3-8-24-9-12-25-13-10-24/h1-2,4-5H,3,6-13H2,(H3,21,22,23). The van der Waals surface area contributed by atoms with Crippen molar-refractivity contribution in [1.82, 2.24) is 10.2 Å². The first kappa shape index (κ1) is 20.3. The van der Waals surface area contributed by atoms with Crippen molar-refractivity contribution in [1.29, 1.82) is 0 Å². The van der Waals surface area contributed by atoms with Crippen molar-refractivity contribution in [2.45, 2.75) is 12.6 Å². The predicted octanol–water partition coefficient (Wildman–Crippen LogP) is 1.71. The largest absolute Gasteiger partial charge is 0.491 e. The molecule has 1 aliphatic heterocycles. The number of benzene rings is 1. The molecule has 1 aromatic rings. The first-order chi connectivity index (χ1) is 12.5. The predicted molar refractivity (Wildman–Crippen MR) is 93.3 cm³/mol. The number of halogens is 3. The van der Waals surface area contributed by atoms with Crippen LogP contribution in [0.5, 0.6) is 5.75 Å².